The Bertz CT molecular complexity index is 945. The Morgan fingerprint density at radius 2 is 1.38 bits per heavy atom. The van der Waals surface area contributed by atoms with Gasteiger partial charge in [0.2, 0.25) is 0 Å². The van der Waals surface area contributed by atoms with Crippen LogP contribution in [0.2, 0.25) is 0 Å². The normalized spacial score (nSPS) is 22.2. The largest absolute Gasteiger partial charge is 0.609 e. The average Bonchev–Trinajstić information content (AvgIpc) is 2.70. The first-order valence-corrected chi connectivity index (χ1v) is 9.60. The molecule has 0 amide bonds. The SMILES string of the molecule is O=P1(Oc2ccccc2)ON=C(c2ccccc2)C(c2ccccc2)O1. The molecule has 2 unspecified atom stereocenters. The molecule has 130 valence electrons. The molecule has 0 fully saturated rings. The van der Waals surface area contributed by atoms with Crippen LogP contribution in [0.5, 0.6) is 5.75 Å². The highest BCUT2D eigenvalue weighted by molar-refractivity contribution is 7.49. The molecule has 1 aliphatic heterocycles. The van der Waals surface area contributed by atoms with Crippen molar-refractivity contribution in [3.8, 4) is 5.75 Å². The number of benzene rings is 3. The highest BCUT2D eigenvalue weighted by atomic mass is 31.2. The van der Waals surface area contributed by atoms with Crippen LogP contribution in [0.4, 0.5) is 0 Å². The van der Waals surface area contributed by atoms with Crippen molar-refractivity contribution in [1.82, 2.24) is 0 Å². The predicted octanol–water partition coefficient (Wildman–Crippen LogP) is 5.37. The van der Waals surface area contributed by atoms with Gasteiger partial charge in [-0.15, -0.1) is 0 Å². The number of phosphoric acid groups is 1. The highest BCUT2D eigenvalue weighted by Gasteiger charge is 2.42. The maximum Gasteiger partial charge on any atom is 0.609 e. The summed E-state index contributed by atoms with van der Waals surface area (Å²) in [6.07, 6.45) is -0.665. The van der Waals surface area contributed by atoms with Gasteiger partial charge in [-0.3, -0.25) is 9.15 Å². The minimum absolute atomic E-state index is 0.390. The highest BCUT2D eigenvalue weighted by Crippen LogP contribution is 2.56. The summed E-state index contributed by atoms with van der Waals surface area (Å²) in [4.78, 5) is 0. The molecule has 0 spiro atoms. The molecule has 5 nitrogen and oxygen atoms in total. The van der Waals surface area contributed by atoms with Crippen molar-refractivity contribution in [3.63, 3.8) is 0 Å². The van der Waals surface area contributed by atoms with Gasteiger partial charge >= 0.3 is 7.82 Å². The van der Waals surface area contributed by atoms with Crippen molar-refractivity contribution < 1.29 is 18.2 Å². The van der Waals surface area contributed by atoms with Crippen molar-refractivity contribution in [2.75, 3.05) is 0 Å². The Kier molecular flexibility index (Phi) is 4.57. The molecule has 3 aromatic carbocycles. The van der Waals surface area contributed by atoms with Gasteiger partial charge in [0.25, 0.3) is 0 Å². The number of hydrogen-bond donors (Lipinski definition) is 0. The van der Waals surface area contributed by atoms with E-state index in [1.165, 1.54) is 0 Å². The molecule has 0 saturated heterocycles. The van der Waals surface area contributed by atoms with Gasteiger partial charge in [-0.05, 0) is 17.7 Å². The molecule has 6 heteroatoms. The topological polar surface area (TPSA) is 57.1 Å². The third-order valence-corrected chi connectivity index (χ3v) is 5.04. The quantitative estimate of drug-likeness (QED) is 0.584. The Hall–Kier alpha value is -2.88. The molecular weight excluding hydrogens is 349 g/mol. The van der Waals surface area contributed by atoms with Crippen molar-refractivity contribution in [2.24, 2.45) is 5.16 Å². The van der Waals surface area contributed by atoms with Gasteiger partial charge in [0, 0.05) is 5.56 Å². The molecule has 4 rings (SSSR count). The van der Waals surface area contributed by atoms with Crippen LogP contribution in [-0.4, -0.2) is 5.71 Å². The van der Waals surface area contributed by atoms with Crippen LogP contribution in [0, 0.1) is 0 Å². The van der Waals surface area contributed by atoms with Crippen LogP contribution in [0.15, 0.2) is 96.2 Å². The molecule has 1 aliphatic rings. The monoisotopic (exact) mass is 365 g/mol. The van der Waals surface area contributed by atoms with Gasteiger partial charge in [-0.25, -0.2) is 4.57 Å². The summed E-state index contributed by atoms with van der Waals surface area (Å²) in [7, 11) is -3.90. The van der Waals surface area contributed by atoms with E-state index < -0.39 is 13.9 Å². The van der Waals surface area contributed by atoms with Gasteiger partial charge in [0.15, 0.2) is 0 Å². The number of nitrogens with zero attached hydrogens (tertiary/aromatic N) is 1. The predicted molar refractivity (Wildman–Crippen MR) is 99.0 cm³/mol. The van der Waals surface area contributed by atoms with Gasteiger partial charge in [-0.1, -0.05) is 84.0 Å². The van der Waals surface area contributed by atoms with Gasteiger partial charge in [0.05, 0.1) is 0 Å². The molecule has 0 radical (unpaired) electrons. The van der Waals surface area contributed by atoms with E-state index in [4.69, 9.17) is 13.7 Å². The zero-order chi connectivity index (χ0) is 17.8. The zero-order valence-electron chi connectivity index (χ0n) is 13.8. The fourth-order valence-corrected chi connectivity index (χ4v) is 3.81. The van der Waals surface area contributed by atoms with E-state index in [-0.39, 0.29) is 0 Å². The van der Waals surface area contributed by atoms with Crippen molar-refractivity contribution >= 4 is 13.5 Å². The second kappa shape index (κ2) is 7.16. The summed E-state index contributed by atoms with van der Waals surface area (Å²) >= 11 is 0. The summed E-state index contributed by atoms with van der Waals surface area (Å²) < 4.78 is 29.5. The first-order valence-electron chi connectivity index (χ1n) is 8.14. The van der Waals surface area contributed by atoms with E-state index in [2.05, 4.69) is 5.16 Å². The number of hydrogen-bond acceptors (Lipinski definition) is 5. The van der Waals surface area contributed by atoms with Crippen molar-refractivity contribution in [3.05, 3.63) is 102 Å². The molecule has 1 heterocycles. The number of oxime groups is 1. The van der Waals surface area contributed by atoms with E-state index in [9.17, 15) is 4.57 Å². The lowest BCUT2D eigenvalue weighted by Gasteiger charge is -2.28. The summed E-state index contributed by atoms with van der Waals surface area (Å²) in [6, 6.07) is 27.7. The molecule has 0 aliphatic carbocycles. The number of phosphoric ester groups is 1. The fraction of sp³-hybridized carbons (Fsp3) is 0.0500. The Morgan fingerprint density at radius 3 is 2.04 bits per heavy atom. The second-order valence-electron chi connectivity index (χ2n) is 5.67. The van der Waals surface area contributed by atoms with E-state index in [1.807, 2.05) is 66.7 Å². The third kappa shape index (κ3) is 3.54. The molecular formula is C20H16NO4P. The first kappa shape index (κ1) is 16.6. The Morgan fingerprint density at radius 1 is 0.808 bits per heavy atom. The first-order chi connectivity index (χ1) is 12.7. The Balaban J connectivity index is 1.71. The lowest BCUT2D eigenvalue weighted by atomic mass is 9.99. The molecule has 0 N–H and O–H groups in total. The van der Waals surface area contributed by atoms with Crippen molar-refractivity contribution in [1.29, 1.82) is 0 Å². The third-order valence-electron chi connectivity index (χ3n) is 3.85. The molecule has 3 aromatic rings. The fourth-order valence-electron chi connectivity index (χ4n) is 2.65. The van der Waals surface area contributed by atoms with Gasteiger partial charge in [-0.2, -0.15) is 0 Å². The minimum atomic E-state index is -3.90. The molecule has 0 aromatic heterocycles. The smallest absolute Gasteiger partial charge is 0.394 e. The summed E-state index contributed by atoms with van der Waals surface area (Å²) in [5, 5.41) is 4.11. The maximum absolute atomic E-state index is 13.0. The lowest BCUT2D eigenvalue weighted by molar-refractivity contribution is 0.120. The summed E-state index contributed by atoms with van der Waals surface area (Å²) in [5.41, 5.74) is 2.18. The summed E-state index contributed by atoms with van der Waals surface area (Å²) in [5.74, 6) is 0.390. The van der Waals surface area contributed by atoms with Crippen LogP contribution >= 0.6 is 7.82 Å². The van der Waals surface area contributed by atoms with E-state index >= 15 is 0 Å². The number of para-hydroxylation sites is 1. The molecule has 0 bridgehead atoms. The van der Waals surface area contributed by atoms with Crippen molar-refractivity contribution in [2.45, 2.75) is 6.10 Å². The second-order valence-corrected chi connectivity index (χ2v) is 7.12. The zero-order valence-corrected chi connectivity index (χ0v) is 14.7. The van der Waals surface area contributed by atoms with Crippen LogP contribution in [0.1, 0.15) is 17.2 Å². The van der Waals surface area contributed by atoms with Crippen LogP contribution in [0.25, 0.3) is 0 Å². The molecule has 0 saturated carbocycles. The number of rotatable bonds is 4. The van der Waals surface area contributed by atoms with E-state index in [0.717, 1.165) is 11.1 Å². The average molecular weight is 365 g/mol. The maximum atomic E-state index is 13.0. The van der Waals surface area contributed by atoms with Crippen LogP contribution in [-0.2, 0) is 13.7 Å². The minimum Gasteiger partial charge on any atom is -0.394 e. The van der Waals surface area contributed by atoms with Gasteiger partial charge in [0.1, 0.15) is 17.6 Å². The standard InChI is InChI=1S/C20H16NO4P/c22-26(23-18-14-8-3-9-15-18)24-20(17-12-6-2-7-13-17)19(21-25-26)16-10-4-1-5-11-16/h1-15,20H. The molecule has 26 heavy (non-hydrogen) atoms. The van der Waals surface area contributed by atoms with Gasteiger partial charge < -0.3 is 4.52 Å². The van der Waals surface area contributed by atoms with E-state index in [1.54, 1.807) is 24.3 Å². The lowest BCUT2D eigenvalue weighted by Crippen LogP contribution is -2.22. The summed E-state index contributed by atoms with van der Waals surface area (Å²) in [6.45, 7) is 0. The van der Waals surface area contributed by atoms with Crippen LogP contribution < -0.4 is 4.52 Å². The molecule has 2 atom stereocenters. The van der Waals surface area contributed by atoms with E-state index in [0.29, 0.717) is 11.5 Å². The van der Waals surface area contributed by atoms with Crippen LogP contribution in [0.3, 0.4) is 0 Å². The Labute approximate surface area is 151 Å².